The van der Waals surface area contributed by atoms with Gasteiger partial charge >= 0.3 is 5.97 Å². The van der Waals surface area contributed by atoms with Gasteiger partial charge in [-0.2, -0.15) is 5.26 Å². The number of carbonyl (C=O) groups is 3. The van der Waals surface area contributed by atoms with Crippen molar-refractivity contribution < 1.29 is 28.6 Å². The molecule has 3 aromatic rings. The van der Waals surface area contributed by atoms with Crippen LogP contribution in [0.1, 0.15) is 21.5 Å². The lowest BCUT2D eigenvalue weighted by Gasteiger charge is -2.12. The molecule has 37 heavy (non-hydrogen) atoms. The second kappa shape index (κ2) is 12.6. The minimum atomic E-state index is -0.625. The van der Waals surface area contributed by atoms with Gasteiger partial charge in [0.05, 0.1) is 19.8 Å². The van der Waals surface area contributed by atoms with Gasteiger partial charge in [0.15, 0.2) is 18.1 Å². The van der Waals surface area contributed by atoms with Crippen molar-refractivity contribution in [1.29, 1.82) is 5.26 Å². The fourth-order valence-electron chi connectivity index (χ4n) is 3.19. The Hall–Kier alpha value is -5.10. The predicted octanol–water partition coefficient (Wildman–Crippen LogP) is 4.35. The molecule has 0 saturated heterocycles. The van der Waals surface area contributed by atoms with Crippen molar-refractivity contribution in [3.05, 3.63) is 89.0 Å². The second-order valence-electron chi connectivity index (χ2n) is 7.81. The molecule has 3 rings (SSSR count). The molecule has 0 unspecified atom stereocenters. The van der Waals surface area contributed by atoms with Crippen molar-refractivity contribution in [2.24, 2.45) is 0 Å². The lowest BCUT2D eigenvalue weighted by atomic mass is 10.1. The van der Waals surface area contributed by atoms with Crippen molar-refractivity contribution in [3.63, 3.8) is 0 Å². The molecule has 0 atom stereocenters. The molecule has 2 amide bonds. The van der Waals surface area contributed by atoms with Crippen molar-refractivity contribution >= 4 is 35.2 Å². The van der Waals surface area contributed by atoms with E-state index >= 15 is 0 Å². The number of esters is 1. The molecule has 0 spiro atoms. The summed E-state index contributed by atoms with van der Waals surface area (Å²) in [5.41, 5.74) is 2.85. The fraction of sp³-hybridized carbons (Fsp3) is 0.143. The number of ether oxygens (including phenoxy) is 3. The lowest BCUT2D eigenvalue weighted by Crippen LogP contribution is -2.20. The van der Waals surface area contributed by atoms with Crippen LogP contribution in [-0.2, 0) is 14.3 Å². The number of nitriles is 1. The molecular weight excluding hydrogens is 474 g/mol. The van der Waals surface area contributed by atoms with E-state index in [2.05, 4.69) is 15.4 Å². The highest BCUT2D eigenvalue weighted by molar-refractivity contribution is 6.09. The van der Waals surface area contributed by atoms with E-state index in [-0.39, 0.29) is 18.1 Å². The van der Waals surface area contributed by atoms with E-state index in [1.807, 2.05) is 25.1 Å². The van der Waals surface area contributed by atoms with Gasteiger partial charge in [0, 0.05) is 11.4 Å². The van der Waals surface area contributed by atoms with Crippen LogP contribution < -0.4 is 20.1 Å². The Kier molecular flexibility index (Phi) is 9.00. The third kappa shape index (κ3) is 7.44. The van der Waals surface area contributed by atoms with E-state index in [0.717, 1.165) is 5.56 Å². The predicted molar refractivity (Wildman–Crippen MR) is 138 cm³/mol. The molecule has 3 aromatic carbocycles. The highest BCUT2D eigenvalue weighted by atomic mass is 16.5. The highest BCUT2D eigenvalue weighted by Gasteiger charge is 2.13. The molecule has 0 aliphatic heterocycles. The van der Waals surface area contributed by atoms with Crippen LogP contribution in [0.2, 0.25) is 0 Å². The van der Waals surface area contributed by atoms with E-state index in [4.69, 9.17) is 9.47 Å². The van der Waals surface area contributed by atoms with E-state index in [9.17, 15) is 19.6 Å². The zero-order chi connectivity index (χ0) is 26.8. The standard InChI is InChI=1S/C28H25N3O6/c1-18-4-9-22(10-5-18)30-26(32)17-37-24-13-6-19(15-25(24)35-2)14-21(16-29)27(33)31-23-11-7-20(8-12-23)28(34)36-3/h4-15H,17H2,1-3H3,(H,30,32)(H,31,33)/b21-14+. The number of rotatable bonds is 9. The van der Waals surface area contributed by atoms with E-state index in [1.54, 1.807) is 30.3 Å². The molecule has 9 nitrogen and oxygen atoms in total. The summed E-state index contributed by atoms with van der Waals surface area (Å²) in [6, 6.07) is 20.1. The van der Waals surface area contributed by atoms with E-state index in [1.165, 1.54) is 44.6 Å². The molecule has 0 radical (unpaired) electrons. The number of hydrogen-bond acceptors (Lipinski definition) is 7. The molecule has 0 bridgehead atoms. The smallest absolute Gasteiger partial charge is 0.337 e. The van der Waals surface area contributed by atoms with Crippen LogP contribution in [0.25, 0.3) is 6.08 Å². The Morgan fingerprint density at radius 3 is 2.16 bits per heavy atom. The normalized spacial score (nSPS) is 10.6. The van der Waals surface area contributed by atoms with Gasteiger partial charge in [0.2, 0.25) is 0 Å². The first-order chi connectivity index (χ1) is 17.8. The van der Waals surface area contributed by atoms with Crippen molar-refractivity contribution in [2.75, 3.05) is 31.5 Å². The molecule has 0 heterocycles. The Labute approximate surface area is 214 Å². The Morgan fingerprint density at radius 2 is 1.54 bits per heavy atom. The topological polar surface area (TPSA) is 127 Å². The second-order valence-corrected chi connectivity index (χ2v) is 7.81. The van der Waals surface area contributed by atoms with Crippen LogP contribution in [0, 0.1) is 18.3 Å². The average Bonchev–Trinajstić information content (AvgIpc) is 2.91. The Bertz CT molecular complexity index is 1360. The summed E-state index contributed by atoms with van der Waals surface area (Å²) in [5, 5.41) is 14.9. The van der Waals surface area contributed by atoms with Crippen LogP contribution in [0.15, 0.2) is 72.3 Å². The maximum Gasteiger partial charge on any atom is 0.337 e. The Morgan fingerprint density at radius 1 is 0.892 bits per heavy atom. The first-order valence-corrected chi connectivity index (χ1v) is 11.1. The summed E-state index contributed by atoms with van der Waals surface area (Å²) in [5.74, 6) is -0.803. The molecule has 0 aromatic heterocycles. The number of amides is 2. The van der Waals surface area contributed by atoms with Gasteiger partial charge in [-0.3, -0.25) is 9.59 Å². The molecule has 188 valence electrons. The molecule has 0 aliphatic rings. The number of nitrogens with one attached hydrogen (secondary N) is 2. The number of nitrogens with zero attached hydrogens (tertiary/aromatic N) is 1. The summed E-state index contributed by atoms with van der Waals surface area (Å²) in [6.07, 6.45) is 1.40. The molecule has 2 N–H and O–H groups in total. The van der Waals surface area contributed by atoms with E-state index < -0.39 is 11.9 Å². The first-order valence-electron chi connectivity index (χ1n) is 11.1. The zero-order valence-corrected chi connectivity index (χ0v) is 20.5. The number of hydrogen-bond donors (Lipinski definition) is 2. The monoisotopic (exact) mass is 499 g/mol. The van der Waals surface area contributed by atoms with Crippen molar-refractivity contribution in [2.45, 2.75) is 6.92 Å². The highest BCUT2D eigenvalue weighted by Crippen LogP contribution is 2.29. The maximum absolute atomic E-state index is 12.6. The van der Waals surface area contributed by atoms with Gasteiger partial charge in [-0.1, -0.05) is 23.8 Å². The van der Waals surface area contributed by atoms with Crippen LogP contribution in [0.5, 0.6) is 11.5 Å². The number of anilines is 2. The number of carbonyl (C=O) groups excluding carboxylic acids is 3. The molecular formula is C28H25N3O6. The third-order valence-electron chi connectivity index (χ3n) is 5.12. The van der Waals surface area contributed by atoms with Crippen LogP contribution in [0.4, 0.5) is 11.4 Å². The number of benzene rings is 3. The van der Waals surface area contributed by atoms with Gasteiger partial charge in [-0.05, 0) is 67.1 Å². The SMILES string of the molecule is COC(=O)c1ccc(NC(=O)/C(C#N)=C/c2ccc(OCC(=O)Nc3ccc(C)cc3)c(OC)c2)cc1. The lowest BCUT2D eigenvalue weighted by molar-refractivity contribution is -0.118. The van der Waals surface area contributed by atoms with Crippen LogP contribution in [0.3, 0.4) is 0 Å². The van der Waals surface area contributed by atoms with Gasteiger partial charge in [-0.15, -0.1) is 0 Å². The van der Waals surface area contributed by atoms with Crippen LogP contribution >= 0.6 is 0 Å². The van der Waals surface area contributed by atoms with E-state index in [0.29, 0.717) is 34.0 Å². The minimum Gasteiger partial charge on any atom is -0.493 e. The fourth-order valence-corrected chi connectivity index (χ4v) is 3.19. The van der Waals surface area contributed by atoms with Gasteiger partial charge in [0.25, 0.3) is 11.8 Å². The maximum atomic E-state index is 12.6. The minimum absolute atomic E-state index is 0.148. The summed E-state index contributed by atoms with van der Waals surface area (Å²) < 4.78 is 15.6. The molecule has 0 saturated carbocycles. The third-order valence-corrected chi connectivity index (χ3v) is 5.12. The zero-order valence-electron chi connectivity index (χ0n) is 20.5. The average molecular weight is 500 g/mol. The largest absolute Gasteiger partial charge is 0.493 e. The van der Waals surface area contributed by atoms with Crippen molar-refractivity contribution in [1.82, 2.24) is 0 Å². The van der Waals surface area contributed by atoms with Crippen LogP contribution in [-0.4, -0.2) is 38.6 Å². The summed E-state index contributed by atoms with van der Waals surface area (Å²) in [4.78, 5) is 36.4. The van der Waals surface area contributed by atoms with Gasteiger partial charge in [-0.25, -0.2) is 4.79 Å². The molecule has 0 fully saturated rings. The van der Waals surface area contributed by atoms with Gasteiger partial charge < -0.3 is 24.8 Å². The summed E-state index contributed by atoms with van der Waals surface area (Å²) >= 11 is 0. The molecule has 9 heteroatoms. The number of methoxy groups -OCH3 is 2. The molecule has 0 aliphatic carbocycles. The quantitative estimate of drug-likeness (QED) is 0.255. The number of aryl methyl sites for hydroxylation is 1. The Balaban J connectivity index is 1.66. The summed E-state index contributed by atoms with van der Waals surface area (Å²) in [7, 11) is 2.72. The first kappa shape index (κ1) is 26.5. The van der Waals surface area contributed by atoms with Crippen molar-refractivity contribution in [3.8, 4) is 17.6 Å². The summed E-state index contributed by atoms with van der Waals surface area (Å²) in [6.45, 7) is 1.72. The van der Waals surface area contributed by atoms with Gasteiger partial charge in [0.1, 0.15) is 11.6 Å².